The predicted molar refractivity (Wildman–Crippen MR) is 117 cm³/mol. The zero-order valence-electron chi connectivity index (χ0n) is 17.6. The first-order valence-electron chi connectivity index (χ1n) is 10.6. The van der Waals surface area contributed by atoms with Crippen molar-refractivity contribution in [3.05, 3.63) is 59.7 Å². The van der Waals surface area contributed by atoms with E-state index in [2.05, 4.69) is 34.9 Å². The summed E-state index contributed by atoms with van der Waals surface area (Å²) in [4.78, 5) is 35.0. The summed E-state index contributed by atoms with van der Waals surface area (Å²) in [7, 11) is 0. The molecule has 3 rings (SSSR count). The van der Waals surface area contributed by atoms with Crippen LogP contribution in [0, 0.1) is 0 Å². The van der Waals surface area contributed by atoms with Gasteiger partial charge in [-0.25, -0.2) is 4.79 Å². The second-order valence-electron chi connectivity index (χ2n) is 7.65. The van der Waals surface area contributed by atoms with Crippen molar-refractivity contribution in [1.82, 2.24) is 10.6 Å². The van der Waals surface area contributed by atoms with E-state index in [-0.39, 0.29) is 37.8 Å². The number of hydrogen-bond donors (Lipinski definition) is 3. The summed E-state index contributed by atoms with van der Waals surface area (Å²) >= 11 is 0. The number of hydrogen-bond acceptors (Lipinski definition) is 4. The largest absolute Gasteiger partial charge is 0.481 e. The summed E-state index contributed by atoms with van der Waals surface area (Å²) in [6.07, 6.45) is 0.739. The Morgan fingerprint density at radius 3 is 2.23 bits per heavy atom. The van der Waals surface area contributed by atoms with Crippen molar-refractivity contribution in [2.45, 2.75) is 44.6 Å². The van der Waals surface area contributed by atoms with Crippen LogP contribution in [0.5, 0.6) is 0 Å². The molecule has 2 amide bonds. The van der Waals surface area contributed by atoms with Crippen molar-refractivity contribution >= 4 is 18.0 Å². The minimum atomic E-state index is -0.949. The Kier molecular flexibility index (Phi) is 7.65. The van der Waals surface area contributed by atoms with Gasteiger partial charge in [-0.3, -0.25) is 9.59 Å². The average Bonchev–Trinajstić information content (AvgIpc) is 3.06. The van der Waals surface area contributed by atoms with Gasteiger partial charge in [-0.1, -0.05) is 61.9 Å². The second-order valence-corrected chi connectivity index (χ2v) is 7.65. The molecule has 0 aromatic heterocycles. The molecule has 0 heterocycles. The summed E-state index contributed by atoms with van der Waals surface area (Å²) in [5, 5.41) is 14.2. The summed E-state index contributed by atoms with van der Waals surface area (Å²) in [5.74, 6) is -1.26. The number of rotatable bonds is 10. The highest BCUT2D eigenvalue weighted by atomic mass is 16.5. The highest BCUT2D eigenvalue weighted by molar-refractivity contribution is 5.79. The molecular weight excluding hydrogens is 396 g/mol. The maximum atomic E-state index is 12.1. The van der Waals surface area contributed by atoms with Gasteiger partial charge in [0.15, 0.2) is 0 Å². The van der Waals surface area contributed by atoms with Crippen LogP contribution in [0.15, 0.2) is 48.5 Å². The van der Waals surface area contributed by atoms with Gasteiger partial charge in [0.05, 0.1) is 6.42 Å². The standard InChI is InChI=1S/C24H28N2O5/c1-2-7-16(14-23(28)29)26-22(27)12-13-25-24(30)31-15-21-19-10-5-3-8-17(19)18-9-4-6-11-20(18)21/h3-6,8-11,16,21H,2,7,12-15H2,1H3,(H,25,30)(H,26,27)(H,28,29). The maximum Gasteiger partial charge on any atom is 0.407 e. The summed E-state index contributed by atoms with van der Waals surface area (Å²) in [5.41, 5.74) is 4.59. The third-order valence-electron chi connectivity index (χ3n) is 5.39. The number of carboxylic acids is 1. The molecular formula is C24H28N2O5. The molecule has 0 saturated carbocycles. The number of nitrogens with one attached hydrogen (secondary N) is 2. The molecule has 0 aliphatic heterocycles. The SMILES string of the molecule is CCCC(CC(=O)O)NC(=O)CCNC(=O)OCC1c2ccccc2-c2ccccc21. The smallest absolute Gasteiger partial charge is 0.407 e. The molecule has 31 heavy (non-hydrogen) atoms. The highest BCUT2D eigenvalue weighted by Crippen LogP contribution is 2.44. The van der Waals surface area contributed by atoms with Crippen LogP contribution in [-0.2, 0) is 14.3 Å². The van der Waals surface area contributed by atoms with Gasteiger partial charge in [0.25, 0.3) is 0 Å². The van der Waals surface area contributed by atoms with Crippen LogP contribution < -0.4 is 10.6 Å². The van der Waals surface area contributed by atoms with E-state index in [1.165, 1.54) is 0 Å². The third kappa shape index (κ3) is 5.84. The van der Waals surface area contributed by atoms with Gasteiger partial charge in [-0.15, -0.1) is 0 Å². The van der Waals surface area contributed by atoms with Crippen molar-refractivity contribution in [3.8, 4) is 11.1 Å². The predicted octanol–water partition coefficient (Wildman–Crippen LogP) is 3.67. The second kappa shape index (κ2) is 10.6. The number of ether oxygens (including phenoxy) is 1. The summed E-state index contributed by atoms with van der Waals surface area (Å²) in [6.45, 7) is 2.26. The van der Waals surface area contributed by atoms with Crippen LogP contribution in [0.1, 0.15) is 49.7 Å². The molecule has 1 atom stereocenters. The van der Waals surface area contributed by atoms with Crippen LogP contribution in [0.3, 0.4) is 0 Å². The third-order valence-corrected chi connectivity index (χ3v) is 5.39. The first-order valence-corrected chi connectivity index (χ1v) is 10.6. The Morgan fingerprint density at radius 2 is 1.65 bits per heavy atom. The van der Waals surface area contributed by atoms with Crippen molar-refractivity contribution in [2.75, 3.05) is 13.2 Å². The molecule has 2 aromatic carbocycles. The maximum absolute atomic E-state index is 12.1. The zero-order valence-corrected chi connectivity index (χ0v) is 17.6. The van der Waals surface area contributed by atoms with E-state index in [1.807, 2.05) is 31.2 Å². The van der Waals surface area contributed by atoms with E-state index < -0.39 is 18.1 Å². The molecule has 7 heteroatoms. The lowest BCUT2D eigenvalue weighted by molar-refractivity contribution is -0.137. The molecule has 3 N–H and O–H groups in total. The quantitative estimate of drug-likeness (QED) is 0.540. The van der Waals surface area contributed by atoms with Crippen molar-refractivity contribution in [3.63, 3.8) is 0 Å². The number of amides is 2. The lowest BCUT2D eigenvalue weighted by Gasteiger charge is -2.16. The number of benzene rings is 2. The van der Waals surface area contributed by atoms with Gasteiger partial charge in [0.1, 0.15) is 6.61 Å². The van der Waals surface area contributed by atoms with Crippen LogP contribution in [0.25, 0.3) is 11.1 Å². The van der Waals surface area contributed by atoms with E-state index in [4.69, 9.17) is 9.84 Å². The highest BCUT2D eigenvalue weighted by Gasteiger charge is 2.29. The fourth-order valence-corrected chi connectivity index (χ4v) is 4.01. The van der Waals surface area contributed by atoms with E-state index in [0.29, 0.717) is 6.42 Å². The van der Waals surface area contributed by atoms with Crippen molar-refractivity contribution < 1.29 is 24.2 Å². The molecule has 1 aliphatic rings. The molecule has 7 nitrogen and oxygen atoms in total. The summed E-state index contributed by atoms with van der Waals surface area (Å²) in [6, 6.07) is 15.8. The van der Waals surface area contributed by atoms with Crippen molar-refractivity contribution in [1.29, 1.82) is 0 Å². The zero-order chi connectivity index (χ0) is 22.2. The molecule has 0 saturated heterocycles. The lowest BCUT2D eigenvalue weighted by atomic mass is 9.98. The van der Waals surface area contributed by atoms with Crippen LogP contribution >= 0.6 is 0 Å². The normalized spacial score (nSPS) is 13.1. The number of fused-ring (bicyclic) bond motifs is 3. The van der Waals surface area contributed by atoms with Gasteiger partial charge in [0.2, 0.25) is 5.91 Å². The van der Waals surface area contributed by atoms with Crippen LogP contribution in [0.4, 0.5) is 4.79 Å². The van der Waals surface area contributed by atoms with Crippen molar-refractivity contribution in [2.24, 2.45) is 0 Å². The minimum Gasteiger partial charge on any atom is -0.481 e. The van der Waals surface area contributed by atoms with Gasteiger partial charge >= 0.3 is 12.1 Å². The topological polar surface area (TPSA) is 105 Å². The number of aliphatic carboxylic acids is 1. The first-order chi connectivity index (χ1) is 15.0. The Hall–Kier alpha value is -3.35. The molecule has 164 valence electrons. The van der Waals surface area contributed by atoms with Gasteiger partial charge in [0, 0.05) is 24.9 Å². The lowest BCUT2D eigenvalue weighted by Crippen LogP contribution is -2.38. The van der Waals surface area contributed by atoms with Crippen LogP contribution in [-0.4, -0.2) is 42.3 Å². The molecule has 0 fully saturated rings. The molecule has 2 aromatic rings. The molecule has 0 radical (unpaired) electrons. The van der Waals surface area contributed by atoms with E-state index in [9.17, 15) is 14.4 Å². The van der Waals surface area contributed by atoms with Gasteiger partial charge in [-0.05, 0) is 28.7 Å². The Balaban J connectivity index is 1.46. The fraction of sp³-hybridized carbons (Fsp3) is 0.375. The molecule has 1 aliphatic carbocycles. The number of carbonyl (C=O) groups excluding carboxylic acids is 2. The molecule has 1 unspecified atom stereocenters. The van der Waals surface area contributed by atoms with E-state index >= 15 is 0 Å². The van der Waals surface area contributed by atoms with Crippen LogP contribution in [0.2, 0.25) is 0 Å². The first kappa shape index (κ1) is 22.3. The number of alkyl carbamates (subject to hydrolysis) is 1. The van der Waals surface area contributed by atoms with E-state index in [0.717, 1.165) is 28.7 Å². The fourth-order valence-electron chi connectivity index (χ4n) is 4.01. The Morgan fingerprint density at radius 1 is 1.03 bits per heavy atom. The number of carboxylic acid groups (broad SMARTS) is 1. The molecule has 0 bridgehead atoms. The molecule has 0 spiro atoms. The Labute approximate surface area is 181 Å². The minimum absolute atomic E-state index is 0.0210. The summed E-state index contributed by atoms with van der Waals surface area (Å²) < 4.78 is 5.43. The van der Waals surface area contributed by atoms with Gasteiger partial charge < -0.3 is 20.5 Å². The van der Waals surface area contributed by atoms with Gasteiger partial charge in [-0.2, -0.15) is 0 Å². The number of carbonyl (C=O) groups is 3. The Bertz CT molecular complexity index is 898. The monoisotopic (exact) mass is 424 g/mol. The van der Waals surface area contributed by atoms with E-state index in [1.54, 1.807) is 0 Å². The average molecular weight is 424 g/mol.